The van der Waals surface area contributed by atoms with Gasteiger partial charge >= 0.3 is 5.97 Å². The molecule has 1 aliphatic carbocycles. The molecule has 1 aliphatic rings. The summed E-state index contributed by atoms with van der Waals surface area (Å²) >= 11 is 0. The van der Waals surface area contributed by atoms with Crippen LogP contribution in [0.2, 0.25) is 0 Å². The molecule has 30 heavy (non-hydrogen) atoms. The summed E-state index contributed by atoms with van der Waals surface area (Å²) in [5, 5.41) is 0. The number of hydrogen-bond donors (Lipinski definition) is 2. The van der Waals surface area contributed by atoms with E-state index in [-0.39, 0.29) is 23.6 Å². The van der Waals surface area contributed by atoms with E-state index in [2.05, 4.69) is 0 Å². The first-order valence-corrected chi connectivity index (χ1v) is 11.3. The average molecular weight is 436 g/mol. The van der Waals surface area contributed by atoms with E-state index in [9.17, 15) is 13.2 Å². The molecule has 0 bridgehead atoms. The number of carbonyl (C=O) groups excluding carboxylic acids is 1. The number of hydrogen-bond acceptors (Lipinski definition) is 6. The molecular formula is C22H29NO6S. The van der Waals surface area contributed by atoms with E-state index in [1.54, 1.807) is 12.1 Å². The lowest BCUT2D eigenvalue weighted by Gasteiger charge is -2.16. The quantitative estimate of drug-likeness (QED) is 0.506. The summed E-state index contributed by atoms with van der Waals surface area (Å²) < 4.78 is 40.3. The van der Waals surface area contributed by atoms with Gasteiger partial charge in [0.25, 0.3) is 10.1 Å². The van der Waals surface area contributed by atoms with Crippen molar-refractivity contribution in [2.75, 3.05) is 6.61 Å². The number of benzene rings is 2. The van der Waals surface area contributed by atoms with Gasteiger partial charge in [0.15, 0.2) is 0 Å². The largest absolute Gasteiger partial charge is 0.461 e. The maximum absolute atomic E-state index is 11.7. The number of ether oxygens (including phenoxy) is 2. The molecule has 0 saturated heterocycles. The Hall–Kier alpha value is -2.26. The maximum atomic E-state index is 11.7. The molecule has 3 rings (SSSR count). The summed E-state index contributed by atoms with van der Waals surface area (Å²) in [4.78, 5) is 11.6. The van der Waals surface area contributed by atoms with Crippen LogP contribution in [0.4, 0.5) is 0 Å². The second kappa shape index (κ2) is 11.8. The Morgan fingerprint density at radius 3 is 2.27 bits per heavy atom. The van der Waals surface area contributed by atoms with Crippen LogP contribution in [0.5, 0.6) is 0 Å². The van der Waals surface area contributed by atoms with Crippen molar-refractivity contribution in [1.82, 2.24) is 0 Å². The Bertz CT molecular complexity index is 878. The first-order valence-electron chi connectivity index (χ1n) is 9.87. The first-order chi connectivity index (χ1) is 14.3. The third-order valence-corrected chi connectivity index (χ3v) is 5.48. The van der Waals surface area contributed by atoms with Crippen LogP contribution in [0.15, 0.2) is 59.5 Å². The topological polar surface area (TPSA) is 116 Å². The minimum Gasteiger partial charge on any atom is -0.461 e. The maximum Gasteiger partial charge on any atom is 0.325 e. The van der Waals surface area contributed by atoms with Gasteiger partial charge in [-0.15, -0.1) is 0 Å². The van der Waals surface area contributed by atoms with Gasteiger partial charge in [-0.25, -0.2) is 0 Å². The lowest BCUT2D eigenvalue weighted by molar-refractivity contribution is -0.152. The van der Waals surface area contributed by atoms with Crippen molar-refractivity contribution < 1.29 is 27.2 Å². The van der Waals surface area contributed by atoms with Crippen LogP contribution in [-0.4, -0.2) is 37.7 Å². The third-order valence-electron chi connectivity index (χ3n) is 4.62. The Morgan fingerprint density at radius 2 is 1.70 bits per heavy atom. The monoisotopic (exact) mass is 435 g/mol. The second-order valence-electron chi connectivity index (χ2n) is 7.24. The van der Waals surface area contributed by atoms with Gasteiger partial charge in [-0.2, -0.15) is 8.42 Å². The Kier molecular flexibility index (Phi) is 9.45. The van der Waals surface area contributed by atoms with E-state index < -0.39 is 16.2 Å². The van der Waals surface area contributed by atoms with Crippen LogP contribution < -0.4 is 5.73 Å². The zero-order chi connectivity index (χ0) is 22.0. The molecule has 0 radical (unpaired) electrons. The van der Waals surface area contributed by atoms with Gasteiger partial charge < -0.3 is 15.2 Å². The summed E-state index contributed by atoms with van der Waals surface area (Å²) in [5.74, 6) is -0.347. The summed E-state index contributed by atoms with van der Waals surface area (Å²) in [7, 11) is -4.02. The van der Waals surface area contributed by atoms with Gasteiger partial charge in [0, 0.05) is 0 Å². The number of carbonyl (C=O) groups is 1. The van der Waals surface area contributed by atoms with E-state index in [0.29, 0.717) is 6.61 Å². The Morgan fingerprint density at radius 1 is 1.10 bits per heavy atom. The van der Waals surface area contributed by atoms with E-state index in [1.165, 1.54) is 12.1 Å². The molecule has 164 valence electrons. The highest BCUT2D eigenvalue weighted by Crippen LogP contribution is 2.21. The summed E-state index contributed by atoms with van der Waals surface area (Å²) in [6.45, 7) is 2.50. The van der Waals surface area contributed by atoms with Gasteiger partial charge in [0.1, 0.15) is 12.1 Å². The Labute approximate surface area is 177 Å². The van der Waals surface area contributed by atoms with Gasteiger partial charge in [-0.1, -0.05) is 48.0 Å². The fourth-order valence-electron chi connectivity index (χ4n) is 2.91. The van der Waals surface area contributed by atoms with Crippen LogP contribution in [0.1, 0.15) is 36.8 Å². The number of esters is 1. The molecule has 2 aromatic rings. The minimum atomic E-state index is -4.02. The summed E-state index contributed by atoms with van der Waals surface area (Å²) in [5.41, 5.74) is 7.78. The zero-order valence-electron chi connectivity index (χ0n) is 17.1. The van der Waals surface area contributed by atoms with Crippen molar-refractivity contribution >= 4 is 16.1 Å². The van der Waals surface area contributed by atoms with E-state index in [1.807, 2.05) is 37.3 Å². The molecule has 2 aromatic carbocycles. The third kappa shape index (κ3) is 8.62. The lowest BCUT2D eigenvalue weighted by Crippen LogP contribution is -2.38. The molecule has 1 atom stereocenters. The van der Waals surface area contributed by atoms with Crippen LogP contribution in [-0.2, 0) is 31.0 Å². The van der Waals surface area contributed by atoms with Gasteiger partial charge in [-0.3, -0.25) is 9.35 Å². The molecule has 0 amide bonds. The molecule has 0 aliphatic heterocycles. The van der Waals surface area contributed by atoms with Crippen molar-refractivity contribution in [3.8, 4) is 0 Å². The molecular weight excluding hydrogens is 406 g/mol. The van der Waals surface area contributed by atoms with Crippen molar-refractivity contribution in [3.63, 3.8) is 0 Å². The van der Waals surface area contributed by atoms with Crippen molar-refractivity contribution in [2.24, 2.45) is 5.73 Å². The molecule has 0 spiro atoms. The van der Waals surface area contributed by atoms with Crippen molar-refractivity contribution in [3.05, 3.63) is 65.7 Å². The predicted molar refractivity (Wildman–Crippen MR) is 113 cm³/mol. The fourth-order valence-corrected chi connectivity index (χ4v) is 3.39. The normalized spacial score (nSPS) is 15.2. The highest BCUT2D eigenvalue weighted by atomic mass is 32.2. The molecule has 8 heteroatoms. The fraction of sp³-hybridized carbons (Fsp3) is 0.409. The van der Waals surface area contributed by atoms with Crippen molar-refractivity contribution in [2.45, 2.75) is 56.3 Å². The zero-order valence-corrected chi connectivity index (χ0v) is 17.9. The number of aryl methyl sites for hydroxylation is 1. The van der Waals surface area contributed by atoms with Crippen LogP contribution in [0.25, 0.3) is 0 Å². The molecule has 0 aromatic heterocycles. The molecule has 7 nitrogen and oxygen atoms in total. The number of nitrogens with two attached hydrogens (primary N) is 1. The predicted octanol–water partition coefficient (Wildman–Crippen LogP) is 3.26. The minimum absolute atomic E-state index is 0.0627. The van der Waals surface area contributed by atoms with Gasteiger partial charge in [-0.05, 0) is 50.3 Å². The van der Waals surface area contributed by atoms with Crippen LogP contribution in [0.3, 0.4) is 0 Å². The molecule has 1 fully saturated rings. The van der Waals surface area contributed by atoms with Crippen LogP contribution >= 0.6 is 0 Å². The molecule has 3 N–H and O–H groups in total. The summed E-state index contributed by atoms with van der Waals surface area (Å²) in [6.07, 6.45) is 4.26. The highest BCUT2D eigenvalue weighted by molar-refractivity contribution is 7.85. The summed E-state index contributed by atoms with van der Waals surface area (Å²) in [6, 6.07) is 15.1. The standard InChI is InChI=1S/C15H21NO3.C7H8O3S/c16-14(15(17)19-13-8-4-5-9-13)11-18-10-12-6-2-1-3-7-12;1-6-2-4-7(5-3-6)11(8,9)10/h1-3,6-7,13-14H,4-5,8-11,16H2;2-5H,1H3,(H,8,9,10)/t14-;/m0./s1. The smallest absolute Gasteiger partial charge is 0.325 e. The molecule has 0 unspecified atom stereocenters. The number of rotatable bonds is 7. The average Bonchev–Trinajstić information content (AvgIpc) is 3.22. The highest BCUT2D eigenvalue weighted by Gasteiger charge is 2.23. The second-order valence-corrected chi connectivity index (χ2v) is 8.66. The SMILES string of the molecule is Cc1ccc(S(=O)(=O)O)cc1.N[C@@H](COCc1ccccc1)C(=O)OC1CCCC1. The van der Waals surface area contributed by atoms with Gasteiger partial charge in [0.05, 0.1) is 18.1 Å². The van der Waals surface area contributed by atoms with E-state index >= 15 is 0 Å². The van der Waals surface area contributed by atoms with Gasteiger partial charge in [0.2, 0.25) is 0 Å². The Balaban J connectivity index is 0.000000248. The van der Waals surface area contributed by atoms with Crippen LogP contribution in [0, 0.1) is 6.92 Å². The molecule has 1 saturated carbocycles. The van der Waals surface area contributed by atoms with Crippen molar-refractivity contribution in [1.29, 1.82) is 0 Å². The molecule has 0 heterocycles. The first kappa shape index (κ1) is 24.0. The van der Waals surface area contributed by atoms with E-state index in [0.717, 1.165) is 36.8 Å². The van der Waals surface area contributed by atoms with E-state index in [4.69, 9.17) is 19.8 Å². The lowest BCUT2D eigenvalue weighted by atomic mass is 10.2.